The summed E-state index contributed by atoms with van der Waals surface area (Å²) < 4.78 is 0. The molecule has 0 aromatic heterocycles. The summed E-state index contributed by atoms with van der Waals surface area (Å²) in [6, 6.07) is 0. The Morgan fingerprint density at radius 3 is 2.64 bits per heavy atom. The summed E-state index contributed by atoms with van der Waals surface area (Å²) in [4.78, 5) is 2.29. The van der Waals surface area contributed by atoms with Gasteiger partial charge in [0.15, 0.2) is 0 Å². The molecule has 0 radical (unpaired) electrons. The van der Waals surface area contributed by atoms with Crippen molar-refractivity contribution < 1.29 is 5.11 Å². The largest absolute Gasteiger partial charge is 0.375 e. The molecule has 1 heterocycles. The van der Waals surface area contributed by atoms with E-state index in [0.717, 1.165) is 32.6 Å². The van der Waals surface area contributed by atoms with Crippen LogP contribution in [0.2, 0.25) is 0 Å². The first kappa shape index (κ1) is 10.4. The van der Waals surface area contributed by atoms with Crippen LogP contribution in [0, 0.1) is 5.92 Å². The van der Waals surface area contributed by atoms with Gasteiger partial charge in [-0.25, -0.2) is 0 Å². The summed E-state index contributed by atoms with van der Waals surface area (Å²) in [5.41, 5.74) is -0.500. The molecule has 3 nitrogen and oxygen atoms in total. The molecule has 14 heavy (non-hydrogen) atoms. The molecule has 0 amide bonds. The van der Waals surface area contributed by atoms with E-state index in [0.29, 0.717) is 5.92 Å². The molecule has 1 aliphatic carbocycles. The average molecular weight is 198 g/mol. The summed E-state index contributed by atoms with van der Waals surface area (Å²) in [6.45, 7) is 6.24. The monoisotopic (exact) mass is 198 g/mol. The zero-order valence-electron chi connectivity index (χ0n) is 9.13. The normalized spacial score (nSPS) is 41.1. The van der Waals surface area contributed by atoms with Gasteiger partial charge in [0, 0.05) is 26.2 Å². The van der Waals surface area contributed by atoms with Crippen LogP contribution in [0.3, 0.4) is 0 Å². The number of rotatable bonds is 1. The third-order valence-electron chi connectivity index (χ3n) is 3.89. The number of piperazine rings is 1. The highest BCUT2D eigenvalue weighted by atomic mass is 16.3. The van der Waals surface area contributed by atoms with E-state index in [9.17, 15) is 5.11 Å². The maximum atomic E-state index is 10.7. The molecule has 2 unspecified atom stereocenters. The molecule has 2 atom stereocenters. The predicted molar refractivity (Wildman–Crippen MR) is 57.0 cm³/mol. The van der Waals surface area contributed by atoms with Gasteiger partial charge in [-0.15, -0.1) is 0 Å². The average Bonchev–Trinajstić information content (AvgIpc) is 2.24. The van der Waals surface area contributed by atoms with Crippen molar-refractivity contribution in [2.75, 3.05) is 26.2 Å². The van der Waals surface area contributed by atoms with E-state index in [1.165, 1.54) is 19.3 Å². The van der Waals surface area contributed by atoms with E-state index in [1.807, 2.05) is 0 Å². The molecule has 2 rings (SSSR count). The zero-order chi connectivity index (χ0) is 10.0. The van der Waals surface area contributed by atoms with Crippen LogP contribution in [-0.4, -0.2) is 41.9 Å². The van der Waals surface area contributed by atoms with E-state index < -0.39 is 5.72 Å². The fourth-order valence-corrected chi connectivity index (χ4v) is 2.84. The fourth-order valence-electron chi connectivity index (χ4n) is 2.84. The Bertz CT molecular complexity index is 192. The van der Waals surface area contributed by atoms with Crippen molar-refractivity contribution in [2.24, 2.45) is 5.92 Å². The standard InChI is InChI=1S/C11H22N2O/c1-10-4-2-3-5-11(10,14)13-8-6-12-7-9-13/h10,12,14H,2-9H2,1H3. The van der Waals surface area contributed by atoms with Gasteiger partial charge in [0.1, 0.15) is 5.72 Å². The van der Waals surface area contributed by atoms with Gasteiger partial charge in [0.25, 0.3) is 0 Å². The van der Waals surface area contributed by atoms with Gasteiger partial charge in [0.2, 0.25) is 0 Å². The van der Waals surface area contributed by atoms with Crippen LogP contribution in [0.4, 0.5) is 0 Å². The Labute approximate surface area is 86.5 Å². The van der Waals surface area contributed by atoms with Crippen LogP contribution in [0.5, 0.6) is 0 Å². The minimum atomic E-state index is -0.500. The van der Waals surface area contributed by atoms with E-state index in [2.05, 4.69) is 17.1 Å². The summed E-state index contributed by atoms with van der Waals surface area (Å²) >= 11 is 0. The minimum absolute atomic E-state index is 0.439. The quantitative estimate of drug-likeness (QED) is 0.654. The number of aliphatic hydroxyl groups is 1. The Hall–Kier alpha value is -0.120. The van der Waals surface area contributed by atoms with Gasteiger partial charge >= 0.3 is 0 Å². The van der Waals surface area contributed by atoms with Crippen LogP contribution >= 0.6 is 0 Å². The molecule has 0 spiro atoms. The molecule has 2 aliphatic rings. The van der Waals surface area contributed by atoms with Crippen LogP contribution in [-0.2, 0) is 0 Å². The minimum Gasteiger partial charge on any atom is -0.375 e. The number of nitrogens with one attached hydrogen (secondary N) is 1. The van der Waals surface area contributed by atoms with Gasteiger partial charge in [0.05, 0.1) is 0 Å². The second-order valence-corrected chi connectivity index (χ2v) is 4.76. The maximum Gasteiger partial charge on any atom is 0.121 e. The lowest BCUT2D eigenvalue weighted by Crippen LogP contribution is -2.60. The number of hydrogen-bond donors (Lipinski definition) is 2. The Morgan fingerprint density at radius 1 is 1.29 bits per heavy atom. The van der Waals surface area contributed by atoms with Crippen LogP contribution in [0.25, 0.3) is 0 Å². The maximum absolute atomic E-state index is 10.7. The van der Waals surface area contributed by atoms with E-state index in [4.69, 9.17) is 0 Å². The molecule has 3 heteroatoms. The second kappa shape index (κ2) is 4.17. The lowest BCUT2D eigenvalue weighted by Gasteiger charge is -2.48. The first-order valence-corrected chi connectivity index (χ1v) is 5.91. The fraction of sp³-hybridized carbons (Fsp3) is 1.00. The Balaban J connectivity index is 2.03. The molecule has 82 valence electrons. The van der Waals surface area contributed by atoms with Crippen molar-refractivity contribution in [1.29, 1.82) is 0 Å². The molecule has 0 aromatic carbocycles. The zero-order valence-corrected chi connectivity index (χ0v) is 9.13. The summed E-state index contributed by atoms with van der Waals surface area (Å²) in [5, 5.41) is 14.0. The van der Waals surface area contributed by atoms with Crippen LogP contribution in [0.1, 0.15) is 32.6 Å². The van der Waals surface area contributed by atoms with E-state index in [-0.39, 0.29) is 0 Å². The Morgan fingerprint density at radius 2 is 2.00 bits per heavy atom. The first-order valence-electron chi connectivity index (χ1n) is 5.91. The topological polar surface area (TPSA) is 35.5 Å². The van der Waals surface area contributed by atoms with Crippen molar-refractivity contribution >= 4 is 0 Å². The van der Waals surface area contributed by atoms with E-state index in [1.54, 1.807) is 0 Å². The second-order valence-electron chi connectivity index (χ2n) is 4.76. The van der Waals surface area contributed by atoms with Gasteiger partial charge in [-0.1, -0.05) is 13.3 Å². The van der Waals surface area contributed by atoms with Crippen LogP contribution < -0.4 is 5.32 Å². The number of nitrogens with zero attached hydrogens (tertiary/aromatic N) is 1. The molecule has 2 N–H and O–H groups in total. The smallest absolute Gasteiger partial charge is 0.121 e. The van der Waals surface area contributed by atoms with E-state index >= 15 is 0 Å². The molecule has 1 saturated carbocycles. The van der Waals surface area contributed by atoms with Crippen molar-refractivity contribution in [2.45, 2.75) is 38.3 Å². The van der Waals surface area contributed by atoms with Crippen molar-refractivity contribution in [3.8, 4) is 0 Å². The summed E-state index contributed by atoms with van der Waals surface area (Å²) in [7, 11) is 0. The lowest BCUT2D eigenvalue weighted by molar-refractivity contribution is -0.167. The van der Waals surface area contributed by atoms with Gasteiger partial charge < -0.3 is 10.4 Å². The number of hydrogen-bond acceptors (Lipinski definition) is 3. The molecule has 0 bridgehead atoms. The molecular weight excluding hydrogens is 176 g/mol. The lowest BCUT2D eigenvalue weighted by atomic mass is 9.81. The van der Waals surface area contributed by atoms with Crippen molar-refractivity contribution in [3.05, 3.63) is 0 Å². The van der Waals surface area contributed by atoms with Gasteiger partial charge in [-0.2, -0.15) is 0 Å². The highest BCUT2D eigenvalue weighted by Crippen LogP contribution is 2.36. The SMILES string of the molecule is CC1CCCCC1(O)N1CCNCC1. The van der Waals surface area contributed by atoms with Crippen molar-refractivity contribution in [1.82, 2.24) is 10.2 Å². The predicted octanol–water partition coefficient (Wildman–Crippen LogP) is 0.790. The molecule has 1 saturated heterocycles. The third kappa shape index (κ3) is 1.81. The summed E-state index contributed by atoms with van der Waals surface area (Å²) in [5.74, 6) is 0.439. The van der Waals surface area contributed by atoms with Crippen LogP contribution in [0.15, 0.2) is 0 Å². The van der Waals surface area contributed by atoms with Gasteiger partial charge in [-0.3, -0.25) is 4.90 Å². The molecule has 0 aromatic rings. The highest BCUT2D eigenvalue weighted by Gasteiger charge is 2.41. The Kier molecular flexibility index (Phi) is 3.10. The highest BCUT2D eigenvalue weighted by molar-refractivity contribution is 4.89. The first-order chi connectivity index (χ1) is 6.73. The molecular formula is C11H22N2O. The summed E-state index contributed by atoms with van der Waals surface area (Å²) in [6.07, 6.45) is 4.62. The molecule has 2 fully saturated rings. The van der Waals surface area contributed by atoms with Gasteiger partial charge in [-0.05, 0) is 25.2 Å². The van der Waals surface area contributed by atoms with Crippen molar-refractivity contribution in [3.63, 3.8) is 0 Å². The third-order valence-corrected chi connectivity index (χ3v) is 3.89. The molecule has 1 aliphatic heterocycles.